The van der Waals surface area contributed by atoms with Crippen molar-refractivity contribution in [3.8, 4) is 0 Å². The van der Waals surface area contributed by atoms with E-state index in [4.69, 9.17) is 0 Å². The van der Waals surface area contributed by atoms with Crippen LogP contribution in [-0.4, -0.2) is 62.1 Å². The first-order chi connectivity index (χ1) is 13.6. The summed E-state index contributed by atoms with van der Waals surface area (Å²) in [6.45, 7) is 9.32. The van der Waals surface area contributed by atoms with Gasteiger partial charge in [0.15, 0.2) is 5.96 Å². The van der Waals surface area contributed by atoms with E-state index in [9.17, 15) is 18.0 Å². The largest absolute Gasteiger partial charge is 0.416 e. The van der Waals surface area contributed by atoms with E-state index in [2.05, 4.69) is 46.6 Å². The highest BCUT2D eigenvalue weighted by Gasteiger charge is 2.31. The van der Waals surface area contributed by atoms with Crippen LogP contribution in [0.2, 0.25) is 0 Å². The number of likely N-dealkylation sites (tertiary alicyclic amines) is 1. The van der Waals surface area contributed by atoms with Gasteiger partial charge >= 0.3 is 6.18 Å². The summed E-state index contributed by atoms with van der Waals surface area (Å²) >= 11 is 0. The summed E-state index contributed by atoms with van der Waals surface area (Å²) < 4.78 is 37.7. The van der Waals surface area contributed by atoms with Crippen LogP contribution in [0.15, 0.2) is 29.3 Å². The van der Waals surface area contributed by atoms with Crippen molar-refractivity contribution < 1.29 is 18.0 Å². The highest BCUT2D eigenvalue weighted by Crippen LogP contribution is 2.29. The van der Waals surface area contributed by atoms with E-state index in [0.29, 0.717) is 37.1 Å². The van der Waals surface area contributed by atoms with Crippen LogP contribution in [0.25, 0.3) is 0 Å². The number of carbonyl (C=O) groups is 1. The number of guanidine groups is 1. The van der Waals surface area contributed by atoms with Crippen LogP contribution >= 0.6 is 0 Å². The average molecular weight is 413 g/mol. The van der Waals surface area contributed by atoms with E-state index in [-0.39, 0.29) is 5.56 Å². The lowest BCUT2D eigenvalue weighted by atomic mass is 10.1. The number of hydrogen-bond acceptors (Lipinski definition) is 3. The van der Waals surface area contributed by atoms with Gasteiger partial charge in [-0.3, -0.25) is 14.7 Å². The number of amides is 1. The van der Waals surface area contributed by atoms with Crippen LogP contribution in [-0.2, 0) is 6.18 Å². The Bertz CT molecular complexity index is 703. The minimum atomic E-state index is -4.41. The number of nitrogens with zero attached hydrogens (tertiary/aromatic N) is 2. The molecule has 1 aromatic rings. The van der Waals surface area contributed by atoms with Gasteiger partial charge in [-0.2, -0.15) is 13.2 Å². The van der Waals surface area contributed by atoms with Gasteiger partial charge < -0.3 is 16.0 Å². The summed E-state index contributed by atoms with van der Waals surface area (Å²) in [6.07, 6.45) is -4.41. The second-order valence-corrected chi connectivity index (χ2v) is 7.61. The highest BCUT2D eigenvalue weighted by atomic mass is 19.4. The molecule has 2 rings (SSSR count). The van der Waals surface area contributed by atoms with Crippen molar-refractivity contribution in [2.24, 2.45) is 10.9 Å². The quantitative estimate of drug-likeness (QED) is 0.380. The van der Waals surface area contributed by atoms with E-state index in [0.717, 1.165) is 25.2 Å². The number of aliphatic imine (C=N–C) groups is 1. The van der Waals surface area contributed by atoms with Gasteiger partial charge in [0.25, 0.3) is 5.91 Å². The normalized spacial score (nSPS) is 20.8. The molecule has 0 spiro atoms. The fourth-order valence-corrected chi connectivity index (χ4v) is 3.25. The molecule has 2 atom stereocenters. The van der Waals surface area contributed by atoms with Gasteiger partial charge in [0.2, 0.25) is 0 Å². The molecule has 0 saturated carbocycles. The number of hydrogen-bond donors (Lipinski definition) is 3. The maximum Gasteiger partial charge on any atom is 0.416 e. The Kier molecular flexibility index (Phi) is 7.89. The highest BCUT2D eigenvalue weighted by molar-refractivity contribution is 5.94. The number of alkyl halides is 3. The molecule has 1 fully saturated rings. The Morgan fingerprint density at radius 1 is 1.17 bits per heavy atom. The molecule has 1 saturated heterocycles. The fraction of sp³-hybridized carbons (Fsp3) is 0.600. The van der Waals surface area contributed by atoms with Crippen molar-refractivity contribution in [3.63, 3.8) is 0 Å². The maximum atomic E-state index is 12.6. The van der Waals surface area contributed by atoms with Gasteiger partial charge in [-0.25, -0.2) is 0 Å². The Hall–Kier alpha value is -2.29. The Labute approximate surface area is 169 Å². The Morgan fingerprint density at radius 2 is 1.79 bits per heavy atom. The number of nitrogens with one attached hydrogen (secondary N) is 3. The van der Waals surface area contributed by atoms with Crippen molar-refractivity contribution in [1.29, 1.82) is 0 Å². The van der Waals surface area contributed by atoms with Crippen molar-refractivity contribution in [2.75, 3.05) is 33.2 Å². The van der Waals surface area contributed by atoms with Gasteiger partial charge in [-0.15, -0.1) is 0 Å². The SMILES string of the molecule is CN=C(NCCNC(=O)c1ccc(C(F)(F)F)cc1)NC1CN(C(C)C)CC1C. The number of rotatable bonds is 6. The molecule has 3 N–H and O–H groups in total. The van der Waals surface area contributed by atoms with Gasteiger partial charge in [-0.1, -0.05) is 6.92 Å². The van der Waals surface area contributed by atoms with Crippen LogP contribution in [0.1, 0.15) is 36.7 Å². The van der Waals surface area contributed by atoms with Crippen molar-refractivity contribution in [3.05, 3.63) is 35.4 Å². The predicted octanol–water partition coefficient (Wildman–Crippen LogP) is 2.33. The summed E-state index contributed by atoms with van der Waals surface area (Å²) in [5.74, 6) is 0.743. The molecular weight excluding hydrogens is 383 g/mol. The minimum Gasteiger partial charge on any atom is -0.355 e. The Balaban J connectivity index is 1.75. The predicted molar refractivity (Wildman–Crippen MR) is 108 cm³/mol. The summed E-state index contributed by atoms with van der Waals surface area (Å²) in [5, 5.41) is 9.26. The molecule has 1 aliphatic heterocycles. The molecule has 1 aliphatic rings. The zero-order valence-corrected chi connectivity index (χ0v) is 17.3. The third-order valence-electron chi connectivity index (χ3n) is 5.09. The Morgan fingerprint density at radius 3 is 2.31 bits per heavy atom. The maximum absolute atomic E-state index is 12.6. The summed E-state index contributed by atoms with van der Waals surface area (Å²) in [7, 11) is 1.69. The summed E-state index contributed by atoms with van der Waals surface area (Å²) in [6, 6.07) is 4.96. The van der Waals surface area contributed by atoms with E-state index < -0.39 is 17.6 Å². The first kappa shape index (κ1) is 23.0. The first-order valence-electron chi connectivity index (χ1n) is 9.78. The smallest absolute Gasteiger partial charge is 0.355 e. The molecule has 0 aromatic heterocycles. The lowest BCUT2D eigenvalue weighted by Crippen LogP contribution is -2.48. The molecular formula is C20H30F3N5O. The summed E-state index contributed by atoms with van der Waals surface area (Å²) in [4.78, 5) is 18.7. The minimum absolute atomic E-state index is 0.189. The molecule has 1 heterocycles. The zero-order chi connectivity index (χ0) is 21.6. The van der Waals surface area contributed by atoms with E-state index in [1.54, 1.807) is 7.05 Å². The van der Waals surface area contributed by atoms with Crippen LogP contribution in [0.5, 0.6) is 0 Å². The zero-order valence-electron chi connectivity index (χ0n) is 17.3. The van der Waals surface area contributed by atoms with Crippen molar-refractivity contribution in [1.82, 2.24) is 20.9 Å². The third-order valence-corrected chi connectivity index (χ3v) is 5.09. The molecule has 0 aliphatic carbocycles. The number of halogens is 3. The monoisotopic (exact) mass is 413 g/mol. The second kappa shape index (κ2) is 9.96. The lowest BCUT2D eigenvalue weighted by Gasteiger charge is -2.22. The standard InChI is InChI=1S/C20H30F3N5O/c1-13(2)28-11-14(3)17(12-28)27-19(24-4)26-10-9-25-18(29)15-5-7-16(8-6-15)20(21,22)23/h5-8,13-14,17H,9-12H2,1-4H3,(H,25,29)(H2,24,26,27). The van der Waals surface area contributed by atoms with Crippen LogP contribution in [0, 0.1) is 5.92 Å². The van der Waals surface area contributed by atoms with Crippen LogP contribution in [0.4, 0.5) is 13.2 Å². The summed E-state index contributed by atoms with van der Waals surface area (Å²) in [5.41, 5.74) is -0.586. The fourth-order valence-electron chi connectivity index (χ4n) is 3.25. The lowest BCUT2D eigenvalue weighted by molar-refractivity contribution is -0.137. The van der Waals surface area contributed by atoms with E-state index in [1.807, 2.05) is 0 Å². The van der Waals surface area contributed by atoms with Gasteiger partial charge in [0, 0.05) is 50.9 Å². The van der Waals surface area contributed by atoms with E-state index >= 15 is 0 Å². The molecule has 29 heavy (non-hydrogen) atoms. The molecule has 9 heteroatoms. The third kappa shape index (κ3) is 6.62. The van der Waals surface area contributed by atoms with Crippen LogP contribution in [0.3, 0.4) is 0 Å². The molecule has 0 bridgehead atoms. The number of carbonyl (C=O) groups excluding carboxylic acids is 1. The molecule has 1 aromatic carbocycles. The van der Waals surface area contributed by atoms with Gasteiger partial charge in [0.05, 0.1) is 5.56 Å². The van der Waals surface area contributed by atoms with Crippen LogP contribution < -0.4 is 16.0 Å². The first-order valence-corrected chi connectivity index (χ1v) is 9.78. The molecule has 162 valence electrons. The van der Waals surface area contributed by atoms with Gasteiger partial charge in [0.1, 0.15) is 0 Å². The van der Waals surface area contributed by atoms with Crippen molar-refractivity contribution in [2.45, 2.75) is 39.0 Å². The number of benzene rings is 1. The van der Waals surface area contributed by atoms with Gasteiger partial charge in [-0.05, 0) is 44.0 Å². The average Bonchev–Trinajstić information content (AvgIpc) is 3.04. The molecule has 6 nitrogen and oxygen atoms in total. The topological polar surface area (TPSA) is 68.8 Å². The molecule has 1 amide bonds. The van der Waals surface area contributed by atoms with Crippen molar-refractivity contribution >= 4 is 11.9 Å². The molecule has 2 unspecified atom stereocenters. The second-order valence-electron chi connectivity index (χ2n) is 7.61. The molecule has 0 radical (unpaired) electrons. The van der Waals surface area contributed by atoms with E-state index in [1.165, 1.54) is 12.1 Å².